The summed E-state index contributed by atoms with van der Waals surface area (Å²) in [6.45, 7) is 1.78. The van der Waals surface area contributed by atoms with Gasteiger partial charge in [0.2, 0.25) is 5.88 Å². The normalized spacial score (nSPS) is 9.67. The summed E-state index contributed by atoms with van der Waals surface area (Å²) in [6.07, 6.45) is 0. The molecule has 4 heteroatoms. The summed E-state index contributed by atoms with van der Waals surface area (Å²) in [7, 11) is 1.73. The lowest BCUT2D eigenvalue weighted by atomic mass is 10.5. The zero-order chi connectivity index (χ0) is 6.85. The van der Waals surface area contributed by atoms with Crippen molar-refractivity contribution in [1.29, 1.82) is 0 Å². The van der Waals surface area contributed by atoms with Crippen molar-refractivity contribution in [3.63, 3.8) is 0 Å². The van der Waals surface area contributed by atoms with E-state index in [0.717, 1.165) is 0 Å². The Morgan fingerprint density at radius 1 is 1.67 bits per heavy atom. The molecule has 0 aliphatic rings. The molecule has 0 fully saturated rings. The summed E-state index contributed by atoms with van der Waals surface area (Å²) < 4.78 is 4.75. The summed E-state index contributed by atoms with van der Waals surface area (Å²) in [5, 5.41) is 6.93. The third-order valence-electron chi connectivity index (χ3n) is 1.02. The van der Waals surface area contributed by atoms with E-state index in [0.29, 0.717) is 16.6 Å². The number of hydrogen-bond donors (Lipinski definition) is 1. The van der Waals surface area contributed by atoms with Crippen molar-refractivity contribution < 1.29 is 4.52 Å². The second-order valence-electron chi connectivity index (χ2n) is 1.66. The molecule has 0 amide bonds. The van der Waals surface area contributed by atoms with E-state index in [9.17, 15) is 0 Å². The molecule has 1 heterocycles. The fourth-order valence-electron chi connectivity index (χ4n) is 0.514. The van der Waals surface area contributed by atoms with Crippen LogP contribution in [-0.4, -0.2) is 12.2 Å². The van der Waals surface area contributed by atoms with Gasteiger partial charge in [-0.1, -0.05) is 16.8 Å². The predicted octanol–water partition coefficient (Wildman–Crippen LogP) is 1.68. The molecule has 1 aromatic rings. The van der Waals surface area contributed by atoms with Crippen molar-refractivity contribution in [2.24, 2.45) is 0 Å². The Morgan fingerprint density at radius 2 is 2.33 bits per heavy atom. The van der Waals surface area contributed by atoms with Gasteiger partial charge in [0, 0.05) is 7.05 Å². The van der Waals surface area contributed by atoms with Crippen LogP contribution in [0.2, 0.25) is 5.02 Å². The maximum absolute atomic E-state index is 5.69. The third kappa shape index (κ3) is 1.00. The SMILES string of the molecule is CNc1onc(C)c1Cl. The molecule has 1 N–H and O–H groups in total. The van der Waals surface area contributed by atoms with Crippen molar-refractivity contribution in [2.75, 3.05) is 12.4 Å². The molecule has 0 bridgehead atoms. The van der Waals surface area contributed by atoms with E-state index in [2.05, 4.69) is 10.5 Å². The Morgan fingerprint density at radius 3 is 2.56 bits per heavy atom. The van der Waals surface area contributed by atoms with Crippen LogP contribution in [0.25, 0.3) is 0 Å². The summed E-state index contributed by atoms with van der Waals surface area (Å²) in [4.78, 5) is 0. The number of anilines is 1. The molecular formula is C5H7ClN2O. The molecule has 0 aliphatic carbocycles. The van der Waals surface area contributed by atoms with Crippen LogP contribution in [0.4, 0.5) is 5.88 Å². The van der Waals surface area contributed by atoms with Gasteiger partial charge in [0.15, 0.2) is 0 Å². The first-order valence-electron chi connectivity index (χ1n) is 2.55. The number of nitrogens with zero attached hydrogens (tertiary/aromatic N) is 1. The molecule has 3 nitrogen and oxygen atoms in total. The summed E-state index contributed by atoms with van der Waals surface area (Å²) in [5.41, 5.74) is 0.709. The molecule has 0 saturated carbocycles. The molecule has 1 rings (SSSR count). The summed E-state index contributed by atoms with van der Waals surface area (Å²) >= 11 is 5.69. The fourth-order valence-corrected chi connectivity index (χ4v) is 0.677. The van der Waals surface area contributed by atoms with E-state index in [4.69, 9.17) is 16.1 Å². The lowest BCUT2D eigenvalue weighted by Gasteiger charge is -1.88. The Bertz CT molecular complexity index is 209. The smallest absolute Gasteiger partial charge is 0.243 e. The van der Waals surface area contributed by atoms with Crippen LogP contribution in [0.15, 0.2) is 4.52 Å². The van der Waals surface area contributed by atoms with Gasteiger partial charge in [-0.25, -0.2) is 0 Å². The second-order valence-corrected chi connectivity index (χ2v) is 2.04. The lowest BCUT2D eigenvalue weighted by molar-refractivity contribution is 0.429. The van der Waals surface area contributed by atoms with Crippen molar-refractivity contribution in [3.8, 4) is 0 Å². The van der Waals surface area contributed by atoms with Gasteiger partial charge in [0.05, 0.1) is 0 Å². The van der Waals surface area contributed by atoms with Crippen LogP contribution < -0.4 is 5.32 Å². The topological polar surface area (TPSA) is 38.1 Å². The fraction of sp³-hybridized carbons (Fsp3) is 0.400. The van der Waals surface area contributed by atoms with E-state index in [1.54, 1.807) is 14.0 Å². The molecule has 1 aromatic heterocycles. The van der Waals surface area contributed by atoms with Crippen LogP contribution in [-0.2, 0) is 0 Å². The number of nitrogens with one attached hydrogen (secondary N) is 1. The van der Waals surface area contributed by atoms with Crippen molar-refractivity contribution >= 4 is 17.5 Å². The average molecular weight is 147 g/mol. The van der Waals surface area contributed by atoms with E-state index >= 15 is 0 Å². The molecule has 0 aliphatic heterocycles. The van der Waals surface area contributed by atoms with Crippen molar-refractivity contribution in [2.45, 2.75) is 6.92 Å². The van der Waals surface area contributed by atoms with Gasteiger partial charge < -0.3 is 9.84 Å². The Labute approximate surface area is 58.0 Å². The van der Waals surface area contributed by atoms with Gasteiger partial charge in [-0.05, 0) is 6.92 Å². The molecule has 50 valence electrons. The van der Waals surface area contributed by atoms with E-state index in [-0.39, 0.29) is 0 Å². The standard InChI is InChI=1S/C5H7ClN2O/c1-3-4(6)5(7-2)9-8-3/h7H,1-2H3. The van der Waals surface area contributed by atoms with Crippen molar-refractivity contribution in [3.05, 3.63) is 10.7 Å². The third-order valence-corrected chi connectivity index (χ3v) is 1.46. The number of aromatic nitrogens is 1. The van der Waals surface area contributed by atoms with Gasteiger partial charge in [0.1, 0.15) is 10.7 Å². The van der Waals surface area contributed by atoms with Crippen LogP contribution in [0.1, 0.15) is 5.69 Å². The maximum Gasteiger partial charge on any atom is 0.243 e. The molecule has 0 spiro atoms. The molecule has 0 radical (unpaired) electrons. The van der Waals surface area contributed by atoms with Crippen LogP contribution in [0, 0.1) is 6.92 Å². The minimum absolute atomic E-state index is 0.522. The number of halogens is 1. The highest BCUT2D eigenvalue weighted by atomic mass is 35.5. The van der Waals surface area contributed by atoms with Gasteiger partial charge in [0.25, 0.3) is 0 Å². The van der Waals surface area contributed by atoms with Gasteiger partial charge in [-0.15, -0.1) is 0 Å². The molecular weight excluding hydrogens is 140 g/mol. The first kappa shape index (κ1) is 6.42. The lowest BCUT2D eigenvalue weighted by Crippen LogP contribution is -1.84. The van der Waals surface area contributed by atoms with Gasteiger partial charge in [-0.2, -0.15) is 0 Å². The Kier molecular flexibility index (Phi) is 1.62. The highest BCUT2D eigenvalue weighted by Gasteiger charge is 2.06. The first-order chi connectivity index (χ1) is 4.25. The van der Waals surface area contributed by atoms with Crippen molar-refractivity contribution in [1.82, 2.24) is 5.16 Å². The number of aryl methyl sites for hydroxylation is 1. The predicted molar refractivity (Wildman–Crippen MR) is 35.8 cm³/mol. The van der Waals surface area contributed by atoms with Crippen LogP contribution >= 0.6 is 11.6 Å². The molecule has 0 unspecified atom stereocenters. The Balaban J connectivity index is 3.04. The Hall–Kier alpha value is -0.700. The van der Waals surface area contributed by atoms with E-state index in [1.165, 1.54) is 0 Å². The molecule has 0 atom stereocenters. The van der Waals surface area contributed by atoms with Crippen LogP contribution in [0.5, 0.6) is 0 Å². The molecule has 0 aromatic carbocycles. The van der Waals surface area contributed by atoms with Crippen LogP contribution in [0.3, 0.4) is 0 Å². The summed E-state index contributed by atoms with van der Waals surface area (Å²) in [5.74, 6) is 0.522. The number of hydrogen-bond acceptors (Lipinski definition) is 3. The second kappa shape index (κ2) is 2.27. The highest BCUT2D eigenvalue weighted by Crippen LogP contribution is 2.23. The van der Waals surface area contributed by atoms with E-state index < -0.39 is 0 Å². The van der Waals surface area contributed by atoms with E-state index in [1.807, 2.05) is 0 Å². The highest BCUT2D eigenvalue weighted by molar-refractivity contribution is 6.33. The van der Waals surface area contributed by atoms with Gasteiger partial charge >= 0.3 is 0 Å². The molecule has 0 saturated heterocycles. The minimum Gasteiger partial charge on any atom is -0.356 e. The number of rotatable bonds is 1. The monoisotopic (exact) mass is 146 g/mol. The zero-order valence-electron chi connectivity index (χ0n) is 5.23. The first-order valence-corrected chi connectivity index (χ1v) is 2.93. The average Bonchev–Trinajstić information content (AvgIpc) is 2.15. The quantitative estimate of drug-likeness (QED) is 0.655. The largest absolute Gasteiger partial charge is 0.356 e. The molecule has 9 heavy (non-hydrogen) atoms. The minimum atomic E-state index is 0.522. The zero-order valence-corrected chi connectivity index (χ0v) is 5.99. The van der Waals surface area contributed by atoms with Gasteiger partial charge in [-0.3, -0.25) is 0 Å². The maximum atomic E-state index is 5.69. The summed E-state index contributed by atoms with van der Waals surface area (Å²) in [6, 6.07) is 0.